The van der Waals surface area contributed by atoms with Gasteiger partial charge in [0.25, 0.3) is 0 Å². The Balaban J connectivity index is 0.00000106. The van der Waals surface area contributed by atoms with Crippen molar-refractivity contribution in [1.29, 1.82) is 0 Å². The minimum atomic E-state index is 1.01. The predicted molar refractivity (Wildman–Crippen MR) is 74.0 cm³/mol. The maximum Gasteiger partial charge on any atom is 0.0408 e. The summed E-state index contributed by atoms with van der Waals surface area (Å²) in [5, 5.41) is 3.34. The highest BCUT2D eigenvalue weighted by atomic mass is 14.9. The number of hydrogen-bond acceptors (Lipinski definition) is 1. The Bertz CT molecular complexity index is 327. The largest absolute Gasteiger partial charge is 0.359 e. The molecule has 16 heavy (non-hydrogen) atoms. The lowest BCUT2D eigenvalue weighted by atomic mass is 10.2. The third kappa shape index (κ3) is 5.40. The smallest absolute Gasteiger partial charge is 0.0408 e. The summed E-state index contributed by atoms with van der Waals surface area (Å²) in [6.07, 6.45) is 13.3. The first kappa shape index (κ1) is 14.5. The van der Waals surface area contributed by atoms with Crippen molar-refractivity contribution < 1.29 is 0 Å². The van der Waals surface area contributed by atoms with Gasteiger partial charge in [0.05, 0.1) is 0 Å². The molecule has 1 rings (SSSR count). The van der Waals surface area contributed by atoms with E-state index >= 15 is 0 Å². The van der Waals surface area contributed by atoms with Gasteiger partial charge in [-0.1, -0.05) is 44.7 Å². The van der Waals surface area contributed by atoms with Crippen LogP contribution >= 0.6 is 0 Å². The van der Waals surface area contributed by atoms with Crippen molar-refractivity contribution in [3.05, 3.63) is 60.0 Å². The zero-order valence-electron chi connectivity index (χ0n) is 10.9. The van der Waals surface area contributed by atoms with E-state index in [9.17, 15) is 0 Å². The average molecular weight is 217 g/mol. The van der Waals surface area contributed by atoms with Crippen LogP contribution in [0.25, 0.3) is 0 Å². The van der Waals surface area contributed by atoms with E-state index in [1.807, 2.05) is 26.8 Å². The minimum Gasteiger partial charge on any atom is -0.359 e. The molecule has 0 unspecified atom stereocenters. The van der Waals surface area contributed by atoms with Crippen molar-refractivity contribution in [2.45, 2.75) is 34.1 Å². The topological polar surface area (TPSA) is 12.0 Å². The fourth-order valence-corrected chi connectivity index (χ4v) is 1.30. The van der Waals surface area contributed by atoms with Crippen LogP contribution in [0.4, 0.5) is 0 Å². The predicted octanol–water partition coefficient (Wildman–Crippen LogP) is 4.48. The van der Waals surface area contributed by atoms with E-state index in [2.05, 4.69) is 43.1 Å². The highest BCUT2D eigenvalue weighted by Crippen LogP contribution is 2.12. The molecular weight excluding hydrogens is 194 g/mol. The highest BCUT2D eigenvalue weighted by molar-refractivity contribution is 5.36. The van der Waals surface area contributed by atoms with Crippen molar-refractivity contribution in [3.8, 4) is 0 Å². The van der Waals surface area contributed by atoms with Gasteiger partial charge in [0, 0.05) is 11.4 Å². The summed E-state index contributed by atoms with van der Waals surface area (Å²) in [6.45, 7) is 11.8. The zero-order valence-corrected chi connectivity index (χ0v) is 10.9. The number of nitrogens with one attached hydrogen (secondary N) is 1. The van der Waals surface area contributed by atoms with Gasteiger partial charge in [-0.2, -0.15) is 0 Å². The lowest BCUT2D eigenvalue weighted by Gasteiger charge is -2.10. The number of hydrogen-bond donors (Lipinski definition) is 1. The third-order valence-electron chi connectivity index (χ3n) is 2.08. The number of allylic oxidation sites excluding steroid dienone is 8. The first-order valence-electron chi connectivity index (χ1n) is 5.84. The first-order chi connectivity index (χ1) is 7.74. The molecule has 0 aromatic heterocycles. The molecule has 0 saturated heterocycles. The van der Waals surface area contributed by atoms with Crippen LogP contribution in [0.2, 0.25) is 0 Å². The van der Waals surface area contributed by atoms with Crippen LogP contribution in [0.5, 0.6) is 0 Å². The summed E-state index contributed by atoms with van der Waals surface area (Å²) < 4.78 is 0. The van der Waals surface area contributed by atoms with Gasteiger partial charge in [-0.05, 0) is 38.0 Å². The second kappa shape index (κ2) is 8.78. The fraction of sp³-hybridized carbons (Fsp3) is 0.333. The zero-order chi connectivity index (χ0) is 12.4. The molecule has 1 heteroatoms. The Morgan fingerprint density at radius 1 is 1.44 bits per heavy atom. The molecule has 0 aromatic carbocycles. The summed E-state index contributed by atoms with van der Waals surface area (Å²) in [5.74, 6) is 0. The maximum atomic E-state index is 3.67. The summed E-state index contributed by atoms with van der Waals surface area (Å²) in [5.41, 5.74) is 3.55. The molecule has 0 fully saturated rings. The quantitative estimate of drug-likeness (QED) is 0.687. The molecular formula is C15H23N. The molecule has 1 N–H and O–H groups in total. The van der Waals surface area contributed by atoms with Gasteiger partial charge < -0.3 is 5.32 Å². The Hall–Kier alpha value is -1.50. The third-order valence-corrected chi connectivity index (χ3v) is 2.08. The van der Waals surface area contributed by atoms with Crippen LogP contribution in [-0.4, -0.2) is 0 Å². The second-order valence-electron chi connectivity index (χ2n) is 3.34. The lowest BCUT2D eigenvalue weighted by molar-refractivity contribution is 0.975. The SMILES string of the molecule is C=C/C=C(\C)NC1=CC=CCC=C1C.CC. The Morgan fingerprint density at radius 3 is 2.75 bits per heavy atom. The van der Waals surface area contributed by atoms with E-state index in [1.165, 1.54) is 5.57 Å². The fourth-order valence-electron chi connectivity index (χ4n) is 1.30. The maximum absolute atomic E-state index is 3.67. The molecule has 0 spiro atoms. The monoisotopic (exact) mass is 217 g/mol. The minimum absolute atomic E-state index is 1.01. The molecule has 0 saturated carbocycles. The van der Waals surface area contributed by atoms with Gasteiger partial charge >= 0.3 is 0 Å². The molecule has 88 valence electrons. The van der Waals surface area contributed by atoms with Gasteiger partial charge in [0.1, 0.15) is 0 Å². The van der Waals surface area contributed by atoms with Gasteiger partial charge in [-0.25, -0.2) is 0 Å². The summed E-state index contributed by atoms with van der Waals surface area (Å²) in [7, 11) is 0. The standard InChI is InChI=1S/C13H17N.C2H6/c1-4-8-12(3)14-13-10-7-5-6-9-11(13)2;1-2/h4-5,7-10,14H,1,6H2,2-3H3;1-2H3/b12-8+;. The summed E-state index contributed by atoms with van der Waals surface area (Å²) in [6, 6.07) is 0. The molecule has 0 amide bonds. The Labute approximate surface area is 100.0 Å². The van der Waals surface area contributed by atoms with Crippen LogP contribution in [0, 0.1) is 0 Å². The van der Waals surface area contributed by atoms with Crippen molar-refractivity contribution in [3.63, 3.8) is 0 Å². The van der Waals surface area contributed by atoms with E-state index in [1.54, 1.807) is 6.08 Å². The van der Waals surface area contributed by atoms with Gasteiger partial charge in [-0.15, -0.1) is 0 Å². The average Bonchev–Trinajstić information content (AvgIpc) is 2.48. The first-order valence-corrected chi connectivity index (χ1v) is 5.84. The van der Waals surface area contributed by atoms with Crippen molar-refractivity contribution >= 4 is 0 Å². The van der Waals surface area contributed by atoms with E-state index < -0.39 is 0 Å². The molecule has 1 nitrogen and oxygen atoms in total. The van der Waals surface area contributed by atoms with Crippen LogP contribution in [0.15, 0.2) is 60.0 Å². The van der Waals surface area contributed by atoms with Gasteiger partial charge in [-0.3, -0.25) is 0 Å². The molecule has 0 atom stereocenters. The summed E-state index contributed by atoms with van der Waals surface area (Å²) >= 11 is 0. The van der Waals surface area contributed by atoms with Crippen LogP contribution in [0.3, 0.4) is 0 Å². The Kier molecular flexibility index (Phi) is 7.96. The van der Waals surface area contributed by atoms with E-state index in [4.69, 9.17) is 0 Å². The van der Waals surface area contributed by atoms with Crippen molar-refractivity contribution in [2.24, 2.45) is 0 Å². The van der Waals surface area contributed by atoms with Gasteiger partial charge in [0.15, 0.2) is 0 Å². The highest BCUT2D eigenvalue weighted by Gasteiger charge is 2.00. The molecule has 0 radical (unpaired) electrons. The van der Waals surface area contributed by atoms with E-state index in [0.29, 0.717) is 0 Å². The van der Waals surface area contributed by atoms with Crippen molar-refractivity contribution in [2.75, 3.05) is 0 Å². The molecule has 1 aliphatic carbocycles. The number of rotatable bonds is 3. The Morgan fingerprint density at radius 2 is 2.12 bits per heavy atom. The molecule has 0 aliphatic heterocycles. The molecule has 0 aromatic rings. The lowest BCUT2D eigenvalue weighted by Crippen LogP contribution is -2.11. The summed E-state index contributed by atoms with van der Waals surface area (Å²) in [4.78, 5) is 0. The van der Waals surface area contributed by atoms with Gasteiger partial charge in [0.2, 0.25) is 0 Å². The van der Waals surface area contributed by atoms with E-state index in [0.717, 1.165) is 17.8 Å². The van der Waals surface area contributed by atoms with Crippen LogP contribution in [0.1, 0.15) is 34.1 Å². The molecule has 0 heterocycles. The van der Waals surface area contributed by atoms with Crippen molar-refractivity contribution in [1.82, 2.24) is 5.32 Å². The molecule has 0 bridgehead atoms. The second-order valence-corrected chi connectivity index (χ2v) is 3.34. The van der Waals surface area contributed by atoms with Crippen LogP contribution < -0.4 is 5.32 Å². The van der Waals surface area contributed by atoms with E-state index in [-0.39, 0.29) is 0 Å². The molecule has 1 aliphatic rings. The normalized spacial score (nSPS) is 15.1. The van der Waals surface area contributed by atoms with Crippen LogP contribution in [-0.2, 0) is 0 Å².